The van der Waals surface area contributed by atoms with Crippen LogP contribution < -0.4 is 4.90 Å². The quantitative estimate of drug-likeness (QED) is 0.801. The van der Waals surface area contributed by atoms with Gasteiger partial charge in [0.25, 0.3) is 0 Å². The summed E-state index contributed by atoms with van der Waals surface area (Å²) in [6, 6.07) is 13.8. The number of carbonyl (C=O) groups is 1. The van der Waals surface area contributed by atoms with Crippen LogP contribution in [0.3, 0.4) is 0 Å². The van der Waals surface area contributed by atoms with Crippen molar-refractivity contribution < 1.29 is 9.53 Å². The van der Waals surface area contributed by atoms with Gasteiger partial charge in [0.2, 0.25) is 0 Å². The third-order valence-corrected chi connectivity index (χ3v) is 3.76. The molecule has 0 atom stereocenters. The Hall–Kier alpha value is -2.29. The van der Waals surface area contributed by atoms with Crippen molar-refractivity contribution in [3.8, 4) is 0 Å². The summed E-state index contributed by atoms with van der Waals surface area (Å²) < 4.78 is 4.86. The number of benzene rings is 2. The number of para-hydroxylation sites is 1. The number of methoxy groups -OCH3 is 1. The van der Waals surface area contributed by atoms with Gasteiger partial charge in [-0.3, -0.25) is 0 Å². The molecule has 0 N–H and O–H groups in total. The first-order chi connectivity index (χ1) is 10.0. The van der Waals surface area contributed by atoms with E-state index in [1.165, 1.54) is 23.8 Å². The maximum atomic E-state index is 11.9. The second kappa shape index (κ2) is 6.44. The Morgan fingerprint density at radius 3 is 2.29 bits per heavy atom. The van der Waals surface area contributed by atoms with Crippen molar-refractivity contribution in [1.82, 2.24) is 0 Å². The first-order valence-electron chi connectivity index (χ1n) is 6.98. The van der Waals surface area contributed by atoms with Crippen LogP contribution in [0.25, 0.3) is 0 Å². The minimum Gasteiger partial charge on any atom is -0.465 e. The molecule has 0 heterocycles. The van der Waals surface area contributed by atoms with Crippen LogP contribution in [0.15, 0.2) is 42.5 Å². The fourth-order valence-corrected chi connectivity index (χ4v) is 2.51. The molecule has 0 aromatic heterocycles. The fraction of sp³-hybridized carbons (Fsp3) is 0.278. The molecule has 0 aliphatic carbocycles. The third kappa shape index (κ3) is 3.24. The van der Waals surface area contributed by atoms with Crippen molar-refractivity contribution in [2.75, 3.05) is 19.1 Å². The van der Waals surface area contributed by atoms with Gasteiger partial charge in [-0.2, -0.15) is 0 Å². The monoisotopic (exact) mass is 283 g/mol. The average Bonchev–Trinajstić information content (AvgIpc) is 2.50. The largest absolute Gasteiger partial charge is 0.465 e. The van der Waals surface area contributed by atoms with Gasteiger partial charge in [-0.25, -0.2) is 4.79 Å². The molecule has 0 spiro atoms. The van der Waals surface area contributed by atoms with Crippen molar-refractivity contribution in [3.05, 3.63) is 64.7 Å². The van der Waals surface area contributed by atoms with Gasteiger partial charge >= 0.3 is 5.97 Å². The highest BCUT2D eigenvalue weighted by Gasteiger charge is 2.15. The van der Waals surface area contributed by atoms with Crippen LogP contribution in [-0.4, -0.2) is 20.1 Å². The Balaban J connectivity index is 2.33. The number of nitrogens with zero attached hydrogens (tertiary/aromatic N) is 1. The number of rotatable bonds is 4. The molecule has 2 aromatic rings. The Morgan fingerprint density at radius 2 is 1.67 bits per heavy atom. The molecule has 2 rings (SSSR count). The standard InChI is InChI=1S/C18H21NO2/c1-13-8-7-9-14(2)16(13)12-19(3)17-11-6-5-10-15(17)18(20)21-4/h5-11H,12H2,1-4H3. The molecule has 0 saturated heterocycles. The lowest BCUT2D eigenvalue weighted by Gasteiger charge is -2.23. The SMILES string of the molecule is COC(=O)c1ccccc1N(C)Cc1c(C)cccc1C. The Bertz CT molecular complexity index is 629. The van der Waals surface area contributed by atoms with Crippen LogP contribution in [-0.2, 0) is 11.3 Å². The van der Waals surface area contributed by atoms with Gasteiger partial charge < -0.3 is 9.64 Å². The predicted molar refractivity (Wildman–Crippen MR) is 85.8 cm³/mol. The summed E-state index contributed by atoms with van der Waals surface area (Å²) in [5.41, 5.74) is 5.29. The van der Waals surface area contributed by atoms with E-state index in [9.17, 15) is 4.79 Å². The van der Waals surface area contributed by atoms with Crippen LogP contribution in [0.1, 0.15) is 27.0 Å². The van der Waals surface area contributed by atoms with Gasteiger partial charge in [0.15, 0.2) is 0 Å². The first-order valence-corrected chi connectivity index (χ1v) is 6.98. The number of aryl methyl sites for hydroxylation is 2. The van der Waals surface area contributed by atoms with E-state index in [4.69, 9.17) is 4.74 Å². The van der Waals surface area contributed by atoms with Crippen LogP contribution in [0.4, 0.5) is 5.69 Å². The molecule has 0 unspecified atom stereocenters. The summed E-state index contributed by atoms with van der Waals surface area (Å²) in [6.45, 7) is 4.98. The molecule has 110 valence electrons. The zero-order valence-electron chi connectivity index (χ0n) is 13.0. The fourth-order valence-electron chi connectivity index (χ4n) is 2.51. The lowest BCUT2D eigenvalue weighted by Crippen LogP contribution is -2.21. The van der Waals surface area contributed by atoms with Gasteiger partial charge in [-0.15, -0.1) is 0 Å². The minimum absolute atomic E-state index is 0.307. The Kier molecular flexibility index (Phi) is 4.63. The summed E-state index contributed by atoms with van der Waals surface area (Å²) >= 11 is 0. The van der Waals surface area contributed by atoms with Gasteiger partial charge in [0.05, 0.1) is 18.4 Å². The minimum atomic E-state index is -0.307. The Labute approximate surface area is 126 Å². The van der Waals surface area contributed by atoms with Crippen molar-refractivity contribution in [2.24, 2.45) is 0 Å². The zero-order chi connectivity index (χ0) is 15.4. The van der Waals surface area contributed by atoms with E-state index in [1.54, 1.807) is 6.07 Å². The van der Waals surface area contributed by atoms with Crippen LogP contribution >= 0.6 is 0 Å². The van der Waals surface area contributed by atoms with Gasteiger partial charge in [-0.05, 0) is 42.7 Å². The number of ether oxygens (including phenoxy) is 1. The van der Waals surface area contributed by atoms with Crippen LogP contribution in [0.2, 0.25) is 0 Å². The number of anilines is 1. The number of hydrogen-bond donors (Lipinski definition) is 0. The van der Waals surface area contributed by atoms with Crippen molar-refractivity contribution in [1.29, 1.82) is 0 Å². The van der Waals surface area contributed by atoms with E-state index in [-0.39, 0.29) is 5.97 Å². The predicted octanol–water partition coefficient (Wildman–Crippen LogP) is 3.73. The summed E-state index contributed by atoms with van der Waals surface area (Å²) in [4.78, 5) is 14.0. The highest BCUT2D eigenvalue weighted by atomic mass is 16.5. The molecule has 3 nitrogen and oxygen atoms in total. The third-order valence-electron chi connectivity index (χ3n) is 3.76. The highest BCUT2D eigenvalue weighted by Crippen LogP contribution is 2.24. The molecule has 0 radical (unpaired) electrons. The van der Waals surface area contributed by atoms with Crippen molar-refractivity contribution >= 4 is 11.7 Å². The normalized spacial score (nSPS) is 10.3. The zero-order valence-corrected chi connectivity index (χ0v) is 13.0. The van der Waals surface area contributed by atoms with Gasteiger partial charge in [0.1, 0.15) is 0 Å². The molecule has 0 fully saturated rings. The first kappa shape index (κ1) is 15.1. The molecule has 0 bridgehead atoms. The number of carbonyl (C=O) groups excluding carboxylic acids is 1. The van der Waals surface area contributed by atoms with Gasteiger partial charge in [0, 0.05) is 13.6 Å². The molecule has 2 aromatic carbocycles. The lowest BCUT2D eigenvalue weighted by molar-refractivity contribution is 0.0601. The maximum Gasteiger partial charge on any atom is 0.339 e. The smallest absolute Gasteiger partial charge is 0.339 e. The van der Waals surface area contributed by atoms with Crippen molar-refractivity contribution in [2.45, 2.75) is 20.4 Å². The highest BCUT2D eigenvalue weighted by molar-refractivity contribution is 5.95. The molecular weight excluding hydrogens is 262 g/mol. The van der Waals surface area contributed by atoms with E-state index in [2.05, 4.69) is 36.9 Å². The lowest BCUT2D eigenvalue weighted by atomic mass is 10.0. The summed E-state index contributed by atoms with van der Waals surface area (Å²) in [5, 5.41) is 0. The van der Waals surface area contributed by atoms with E-state index in [0.717, 1.165) is 12.2 Å². The maximum absolute atomic E-state index is 11.9. The van der Waals surface area contributed by atoms with E-state index < -0.39 is 0 Å². The van der Waals surface area contributed by atoms with Crippen LogP contribution in [0, 0.1) is 13.8 Å². The molecule has 21 heavy (non-hydrogen) atoms. The molecule has 3 heteroatoms. The molecule has 0 aliphatic rings. The van der Waals surface area contributed by atoms with E-state index in [1.807, 2.05) is 25.2 Å². The van der Waals surface area contributed by atoms with Crippen molar-refractivity contribution in [3.63, 3.8) is 0 Å². The topological polar surface area (TPSA) is 29.5 Å². The summed E-state index contributed by atoms with van der Waals surface area (Å²) in [6.07, 6.45) is 0. The number of hydrogen-bond acceptors (Lipinski definition) is 3. The average molecular weight is 283 g/mol. The summed E-state index contributed by atoms with van der Waals surface area (Å²) in [7, 11) is 3.40. The number of esters is 1. The second-order valence-corrected chi connectivity index (χ2v) is 5.24. The van der Waals surface area contributed by atoms with E-state index >= 15 is 0 Å². The molecule has 0 aliphatic heterocycles. The van der Waals surface area contributed by atoms with E-state index in [0.29, 0.717) is 5.56 Å². The Morgan fingerprint density at radius 1 is 1.05 bits per heavy atom. The second-order valence-electron chi connectivity index (χ2n) is 5.24. The van der Waals surface area contributed by atoms with Crippen LogP contribution in [0.5, 0.6) is 0 Å². The summed E-state index contributed by atoms with van der Waals surface area (Å²) in [5.74, 6) is -0.307. The molecule has 0 saturated carbocycles. The molecular formula is C18H21NO2. The van der Waals surface area contributed by atoms with Gasteiger partial charge in [-0.1, -0.05) is 30.3 Å². The molecule has 0 amide bonds.